The van der Waals surface area contributed by atoms with Crippen LogP contribution in [0.5, 0.6) is 0 Å². The van der Waals surface area contributed by atoms with E-state index in [-0.39, 0.29) is 0 Å². The first-order valence-corrected chi connectivity index (χ1v) is 4.69. The van der Waals surface area contributed by atoms with E-state index in [0.717, 1.165) is 0 Å². The van der Waals surface area contributed by atoms with Crippen LogP contribution in [-0.4, -0.2) is 0 Å². The molecule has 0 bridgehead atoms. The second-order valence-electron chi connectivity index (χ2n) is 2.45. The Bertz CT molecular complexity index is 260. The van der Waals surface area contributed by atoms with Crippen molar-refractivity contribution in [3.63, 3.8) is 0 Å². The minimum atomic E-state index is 1.23. The quantitative estimate of drug-likeness (QED) is 0.559. The third-order valence-corrected chi connectivity index (χ3v) is 1.60. The maximum Gasteiger partial charge on any atom is -0.0228 e. The van der Waals surface area contributed by atoms with E-state index >= 15 is 0 Å². The van der Waals surface area contributed by atoms with E-state index in [1.54, 1.807) is 0 Å². The molecule has 0 saturated heterocycles. The summed E-state index contributed by atoms with van der Waals surface area (Å²) in [5.74, 6) is 0. The van der Waals surface area contributed by atoms with Gasteiger partial charge < -0.3 is 0 Å². The van der Waals surface area contributed by atoms with Crippen LogP contribution in [0.2, 0.25) is 0 Å². The standard InChI is InChI=1S/C11H12.C2H6/c1-3-7-11-9-6-4-5-8-10(11)2;1-2/h3-9H,1H2,2H3;1-2H3/b11-7-;. The summed E-state index contributed by atoms with van der Waals surface area (Å²) in [5, 5.41) is 0. The molecule has 13 heavy (non-hydrogen) atoms. The van der Waals surface area contributed by atoms with Gasteiger partial charge in [0.1, 0.15) is 0 Å². The molecule has 0 aromatic carbocycles. The molecular weight excluding hydrogens is 156 g/mol. The zero-order valence-electron chi connectivity index (χ0n) is 8.75. The lowest BCUT2D eigenvalue weighted by molar-refractivity contribution is 1.44. The molecule has 0 heterocycles. The zero-order valence-corrected chi connectivity index (χ0v) is 8.75. The van der Waals surface area contributed by atoms with Gasteiger partial charge in [0.15, 0.2) is 0 Å². The maximum atomic E-state index is 3.66. The third kappa shape index (κ3) is 4.32. The third-order valence-electron chi connectivity index (χ3n) is 1.60. The summed E-state index contributed by atoms with van der Waals surface area (Å²) < 4.78 is 0. The minimum Gasteiger partial charge on any atom is -0.0990 e. The smallest absolute Gasteiger partial charge is 0.0228 e. The number of hydrogen-bond acceptors (Lipinski definition) is 0. The minimum absolute atomic E-state index is 1.23. The first-order valence-electron chi connectivity index (χ1n) is 4.69. The van der Waals surface area contributed by atoms with E-state index in [1.165, 1.54) is 11.1 Å². The Labute approximate surface area is 81.7 Å². The molecule has 0 heteroatoms. The van der Waals surface area contributed by atoms with Crippen molar-refractivity contribution < 1.29 is 0 Å². The van der Waals surface area contributed by atoms with Gasteiger partial charge in [0, 0.05) is 0 Å². The molecule has 0 N–H and O–H groups in total. The highest BCUT2D eigenvalue weighted by atomic mass is 14.0. The van der Waals surface area contributed by atoms with Crippen molar-refractivity contribution in [1.29, 1.82) is 0 Å². The van der Waals surface area contributed by atoms with Crippen molar-refractivity contribution in [2.75, 3.05) is 0 Å². The molecule has 0 nitrogen and oxygen atoms in total. The number of allylic oxidation sites excluding steroid dienone is 9. The van der Waals surface area contributed by atoms with Crippen LogP contribution >= 0.6 is 0 Å². The van der Waals surface area contributed by atoms with Gasteiger partial charge in [-0.15, -0.1) is 0 Å². The van der Waals surface area contributed by atoms with Gasteiger partial charge in [0.25, 0.3) is 0 Å². The van der Waals surface area contributed by atoms with Gasteiger partial charge in [-0.3, -0.25) is 0 Å². The molecule has 0 aromatic rings. The molecule has 0 amide bonds. The monoisotopic (exact) mass is 174 g/mol. The average molecular weight is 174 g/mol. The molecule has 1 aliphatic carbocycles. The van der Waals surface area contributed by atoms with Crippen molar-refractivity contribution in [1.82, 2.24) is 0 Å². The van der Waals surface area contributed by atoms with Crippen molar-refractivity contribution >= 4 is 0 Å². The van der Waals surface area contributed by atoms with Crippen molar-refractivity contribution in [3.8, 4) is 0 Å². The Kier molecular flexibility index (Phi) is 6.62. The molecule has 0 saturated carbocycles. The lowest BCUT2D eigenvalue weighted by Crippen LogP contribution is -1.77. The molecule has 0 radical (unpaired) electrons. The summed E-state index contributed by atoms with van der Waals surface area (Å²) in [6, 6.07) is 0. The van der Waals surface area contributed by atoms with Crippen LogP contribution in [0.1, 0.15) is 20.8 Å². The lowest BCUT2D eigenvalue weighted by Gasteiger charge is -1.97. The molecular formula is C13H18. The molecule has 70 valence electrons. The Morgan fingerprint density at radius 3 is 2.46 bits per heavy atom. The largest absolute Gasteiger partial charge is 0.0990 e. The first kappa shape index (κ1) is 11.7. The van der Waals surface area contributed by atoms with E-state index in [9.17, 15) is 0 Å². The summed E-state index contributed by atoms with van der Waals surface area (Å²) in [5.41, 5.74) is 2.50. The average Bonchev–Trinajstić information content (AvgIpc) is 2.36. The van der Waals surface area contributed by atoms with Crippen molar-refractivity contribution in [3.05, 3.63) is 60.3 Å². The van der Waals surface area contributed by atoms with E-state index in [2.05, 4.69) is 25.7 Å². The number of hydrogen-bond donors (Lipinski definition) is 0. The van der Waals surface area contributed by atoms with Crippen LogP contribution in [0.25, 0.3) is 0 Å². The predicted molar refractivity (Wildman–Crippen MR) is 61.7 cm³/mol. The molecule has 0 unspecified atom stereocenters. The Morgan fingerprint density at radius 2 is 1.85 bits per heavy atom. The van der Waals surface area contributed by atoms with Gasteiger partial charge in [-0.2, -0.15) is 0 Å². The zero-order chi connectivity index (χ0) is 10.1. The fourth-order valence-corrected chi connectivity index (χ4v) is 0.965. The summed E-state index contributed by atoms with van der Waals surface area (Å²) in [4.78, 5) is 0. The van der Waals surface area contributed by atoms with E-state index < -0.39 is 0 Å². The van der Waals surface area contributed by atoms with Crippen LogP contribution in [0.3, 0.4) is 0 Å². The topological polar surface area (TPSA) is 0 Å². The molecule has 0 atom stereocenters. The predicted octanol–water partition coefficient (Wildman–Crippen LogP) is 4.20. The van der Waals surface area contributed by atoms with Crippen molar-refractivity contribution in [2.24, 2.45) is 0 Å². The van der Waals surface area contributed by atoms with E-state index in [0.29, 0.717) is 0 Å². The first-order chi connectivity index (χ1) is 6.34. The van der Waals surface area contributed by atoms with Crippen LogP contribution in [-0.2, 0) is 0 Å². The molecule has 0 aliphatic heterocycles. The van der Waals surface area contributed by atoms with Crippen molar-refractivity contribution in [2.45, 2.75) is 20.8 Å². The second kappa shape index (κ2) is 7.35. The summed E-state index contributed by atoms with van der Waals surface area (Å²) in [7, 11) is 0. The van der Waals surface area contributed by atoms with Gasteiger partial charge >= 0.3 is 0 Å². The van der Waals surface area contributed by atoms with Crippen LogP contribution in [0, 0.1) is 0 Å². The summed E-state index contributed by atoms with van der Waals surface area (Å²) in [6.07, 6.45) is 14.1. The van der Waals surface area contributed by atoms with Crippen LogP contribution in [0.15, 0.2) is 60.3 Å². The fourth-order valence-electron chi connectivity index (χ4n) is 0.965. The van der Waals surface area contributed by atoms with Gasteiger partial charge in [-0.05, 0) is 18.1 Å². The van der Waals surface area contributed by atoms with Gasteiger partial charge in [0.2, 0.25) is 0 Å². The Morgan fingerprint density at radius 1 is 1.15 bits per heavy atom. The second-order valence-corrected chi connectivity index (χ2v) is 2.45. The molecule has 0 aromatic heterocycles. The normalized spacial score (nSPS) is 17.2. The Balaban J connectivity index is 0.000000671. The van der Waals surface area contributed by atoms with Crippen LogP contribution in [0.4, 0.5) is 0 Å². The fraction of sp³-hybridized carbons (Fsp3) is 0.231. The van der Waals surface area contributed by atoms with Gasteiger partial charge in [-0.1, -0.05) is 63.0 Å². The molecule has 0 spiro atoms. The highest BCUT2D eigenvalue weighted by Crippen LogP contribution is 2.13. The molecule has 0 fully saturated rings. The summed E-state index contributed by atoms with van der Waals surface area (Å²) >= 11 is 0. The van der Waals surface area contributed by atoms with Gasteiger partial charge in [0.05, 0.1) is 0 Å². The van der Waals surface area contributed by atoms with E-state index in [1.807, 2.05) is 44.2 Å². The molecule has 1 aliphatic rings. The lowest BCUT2D eigenvalue weighted by atomic mass is 10.1. The maximum absolute atomic E-state index is 3.66. The SMILES string of the molecule is C=C/C=C1/C=CC=CC=C1C.CC. The van der Waals surface area contributed by atoms with E-state index in [4.69, 9.17) is 0 Å². The van der Waals surface area contributed by atoms with Gasteiger partial charge in [-0.25, -0.2) is 0 Å². The number of rotatable bonds is 1. The Hall–Kier alpha value is -1.30. The highest BCUT2D eigenvalue weighted by molar-refractivity contribution is 5.45. The van der Waals surface area contributed by atoms with Crippen LogP contribution < -0.4 is 0 Å². The highest BCUT2D eigenvalue weighted by Gasteiger charge is 1.93. The molecule has 1 rings (SSSR count). The summed E-state index contributed by atoms with van der Waals surface area (Å²) in [6.45, 7) is 9.75.